The number of anilines is 2. The van der Waals surface area contributed by atoms with Crippen LogP contribution in [0.15, 0.2) is 47.1 Å². The molecule has 0 spiro atoms. The van der Waals surface area contributed by atoms with Crippen LogP contribution < -0.4 is 5.32 Å². The molecule has 86 valence electrons. The highest BCUT2D eigenvalue weighted by Crippen LogP contribution is 2.21. The molecule has 0 aliphatic carbocycles. The lowest BCUT2D eigenvalue weighted by Gasteiger charge is -2.08. The molecule has 2 N–H and O–H groups in total. The van der Waals surface area contributed by atoms with Crippen molar-refractivity contribution in [2.75, 3.05) is 5.32 Å². The predicted molar refractivity (Wildman–Crippen MR) is 68.6 cm³/mol. The van der Waals surface area contributed by atoms with Crippen molar-refractivity contribution < 1.29 is 9.90 Å². The first-order valence-corrected chi connectivity index (χ1v) is 5.67. The zero-order chi connectivity index (χ0) is 12.3. The summed E-state index contributed by atoms with van der Waals surface area (Å²) in [5.74, 6) is -1.05. The van der Waals surface area contributed by atoms with Crippen molar-refractivity contribution >= 4 is 33.3 Å². The van der Waals surface area contributed by atoms with E-state index in [0.717, 1.165) is 10.2 Å². The lowest BCUT2D eigenvalue weighted by molar-refractivity contribution is 0.0691. The van der Waals surface area contributed by atoms with Gasteiger partial charge in [-0.25, -0.2) is 9.78 Å². The smallest absolute Gasteiger partial charge is 0.356 e. The molecule has 0 saturated carbocycles. The molecule has 4 nitrogen and oxygen atoms in total. The van der Waals surface area contributed by atoms with E-state index in [0.29, 0.717) is 5.69 Å². The van der Waals surface area contributed by atoms with E-state index in [-0.39, 0.29) is 5.69 Å². The van der Waals surface area contributed by atoms with Gasteiger partial charge in [-0.05, 0) is 36.4 Å². The molecule has 0 unspecified atom stereocenters. The fourth-order valence-corrected chi connectivity index (χ4v) is 1.63. The van der Waals surface area contributed by atoms with Gasteiger partial charge in [-0.1, -0.05) is 15.9 Å². The highest BCUT2D eigenvalue weighted by atomic mass is 79.9. The zero-order valence-corrected chi connectivity index (χ0v) is 10.3. The largest absolute Gasteiger partial charge is 0.476 e. The molecular formula is C12H9BrN2O2. The molecule has 1 aromatic carbocycles. The second kappa shape index (κ2) is 4.97. The lowest BCUT2D eigenvalue weighted by Crippen LogP contribution is -2.04. The van der Waals surface area contributed by atoms with Gasteiger partial charge >= 0.3 is 5.97 Å². The first kappa shape index (κ1) is 11.6. The molecule has 0 saturated heterocycles. The van der Waals surface area contributed by atoms with Crippen LogP contribution in [0.2, 0.25) is 0 Å². The maximum absolute atomic E-state index is 11.0. The van der Waals surface area contributed by atoms with Crippen LogP contribution in [0.4, 0.5) is 11.4 Å². The summed E-state index contributed by atoms with van der Waals surface area (Å²) in [6.07, 6.45) is 1.45. The summed E-state index contributed by atoms with van der Waals surface area (Å²) in [7, 11) is 0. The number of hydrogen-bond acceptors (Lipinski definition) is 3. The minimum absolute atomic E-state index is 0.00965. The number of aromatic carboxylic acids is 1. The van der Waals surface area contributed by atoms with Crippen molar-refractivity contribution in [2.24, 2.45) is 0 Å². The Labute approximate surface area is 106 Å². The minimum Gasteiger partial charge on any atom is -0.476 e. The molecule has 0 amide bonds. The van der Waals surface area contributed by atoms with Gasteiger partial charge in [-0.15, -0.1) is 0 Å². The van der Waals surface area contributed by atoms with Crippen LogP contribution in [-0.2, 0) is 0 Å². The van der Waals surface area contributed by atoms with Crippen LogP contribution in [0.3, 0.4) is 0 Å². The molecule has 0 atom stereocenters. The molecule has 0 fully saturated rings. The third-order valence-corrected chi connectivity index (χ3v) is 2.66. The second-order valence-corrected chi connectivity index (χ2v) is 4.25. The fourth-order valence-electron chi connectivity index (χ4n) is 1.37. The number of carboxylic acid groups (broad SMARTS) is 1. The zero-order valence-electron chi connectivity index (χ0n) is 8.72. The lowest BCUT2D eigenvalue weighted by atomic mass is 10.2. The monoisotopic (exact) mass is 292 g/mol. The van der Waals surface area contributed by atoms with E-state index in [1.165, 1.54) is 6.20 Å². The van der Waals surface area contributed by atoms with Crippen LogP contribution in [0, 0.1) is 0 Å². The van der Waals surface area contributed by atoms with Gasteiger partial charge < -0.3 is 10.4 Å². The average molecular weight is 293 g/mol. The van der Waals surface area contributed by atoms with Gasteiger partial charge in [0.25, 0.3) is 0 Å². The van der Waals surface area contributed by atoms with Crippen LogP contribution in [0.25, 0.3) is 0 Å². The number of carboxylic acids is 1. The summed E-state index contributed by atoms with van der Waals surface area (Å²) in [4.78, 5) is 14.8. The van der Waals surface area contributed by atoms with Crippen molar-refractivity contribution in [2.45, 2.75) is 0 Å². The molecule has 1 heterocycles. The van der Waals surface area contributed by atoms with Gasteiger partial charge in [0.05, 0.1) is 5.69 Å². The fraction of sp³-hybridized carbons (Fsp3) is 0. The number of nitrogens with zero attached hydrogens (tertiary/aromatic N) is 1. The summed E-state index contributed by atoms with van der Waals surface area (Å²) in [6.45, 7) is 0. The van der Waals surface area contributed by atoms with Gasteiger partial charge in [0.1, 0.15) is 0 Å². The Balaban J connectivity index is 2.30. The van der Waals surface area contributed by atoms with Crippen LogP contribution in [0.1, 0.15) is 10.5 Å². The quantitative estimate of drug-likeness (QED) is 0.911. The number of nitrogens with one attached hydrogen (secondary N) is 1. The first-order valence-electron chi connectivity index (χ1n) is 4.88. The number of carbonyl (C=O) groups is 1. The summed E-state index contributed by atoms with van der Waals surface area (Å²) in [5.41, 5.74) is 1.29. The Morgan fingerprint density at radius 2 is 1.94 bits per heavy atom. The maximum atomic E-state index is 11.0. The van der Waals surface area contributed by atoms with E-state index in [1.807, 2.05) is 24.3 Å². The summed E-state index contributed by atoms with van der Waals surface area (Å²) < 4.78 is 0.965. The Morgan fingerprint density at radius 1 is 1.24 bits per heavy atom. The maximum Gasteiger partial charge on any atom is 0.356 e. The third kappa shape index (κ3) is 2.82. The molecule has 0 aliphatic rings. The number of hydrogen-bond donors (Lipinski definition) is 2. The molecular weight excluding hydrogens is 284 g/mol. The molecule has 0 aliphatic heterocycles. The van der Waals surface area contributed by atoms with E-state index in [9.17, 15) is 4.79 Å². The number of benzene rings is 1. The van der Waals surface area contributed by atoms with E-state index in [1.54, 1.807) is 12.1 Å². The number of pyridine rings is 1. The number of halogens is 1. The van der Waals surface area contributed by atoms with Crippen LogP contribution in [0.5, 0.6) is 0 Å². The van der Waals surface area contributed by atoms with Gasteiger partial charge in [0.2, 0.25) is 0 Å². The third-order valence-electron chi connectivity index (χ3n) is 2.13. The van der Waals surface area contributed by atoms with Crippen molar-refractivity contribution in [3.05, 3.63) is 52.8 Å². The Bertz CT molecular complexity index is 540. The normalized spacial score (nSPS) is 9.94. The second-order valence-electron chi connectivity index (χ2n) is 3.34. The Kier molecular flexibility index (Phi) is 3.39. The molecule has 1 aromatic heterocycles. The number of rotatable bonds is 3. The van der Waals surface area contributed by atoms with Gasteiger partial charge in [0, 0.05) is 16.4 Å². The highest BCUT2D eigenvalue weighted by Gasteiger charge is 2.10. The van der Waals surface area contributed by atoms with Crippen molar-refractivity contribution in [1.82, 2.24) is 4.98 Å². The van der Waals surface area contributed by atoms with Crippen molar-refractivity contribution in [1.29, 1.82) is 0 Å². The van der Waals surface area contributed by atoms with E-state index < -0.39 is 5.97 Å². The standard InChI is InChI=1S/C12H9BrN2O2/c13-8-3-5-9(6-4-8)15-10-2-1-7-14-11(10)12(16)17/h1-7,15H,(H,16,17). The van der Waals surface area contributed by atoms with Crippen LogP contribution >= 0.6 is 15.9 Å². The Morgan fingerprint density at radius 3 is 2.59 bits per heavy atom. The topological polar surface area (TPSA) is 62.2 Å². The van der Waals surface area contributed by atoms with Crippen molar-refractivity contribution in [3.63, 3.8) is 0 Å². The summed E-state index contributed by atoms with van der Waals surface area (Å²) in [6, 6.07) is 10.8. The molecule has 0 radical (unpaired) electrons. The van der Waals surface area contributed by atoms with E-state index in [2.05, 4.69) is 26.2 Å². The molecule has 0 bridgehead atoms. The highest BCUT2D eigenvalue weighted by molar-refractivity contribution is 9.10. The molecule has 5 heteroatoms. The predicted octanol–water partition coefficient (Wildman–Crippen LogP) is 3.29. The molecule has 17 heavy (non-hydrogen) atoms. The summed E-state index contributed by atoms with van der Waals surface area (Å²) >= 11 is 3.33. The number of aromatic nitrogens is 1. The van der Waals surface area contributed by atoms with Gasteiger partial charge in [-0.3, -0.25) is 0 Å². The first-order chi connectivity index (χ1) is 8.16. The minimum atomic E-state index is -1.05. The van der Waals surface area contributed by atoms with Gasteiger partial charge in [-0.2, -0.15) is 0 Å². The average Bonchev–Trinajstić information content (AvgIpc) is 2.32. The summed E-state index contributed by atoms with van der Waals surface area (Å²) in [5, 5.41) is 12.0. The molecule has 2 aromatic rings. The SMILES string of the molecule is O=C(O)c1ncccc1Nc1ccc(Br)cc1. The van der Waals surface area contributed by atoms with E-state index >= 15 is 0 Å². The molecule has 2 rings (SSSR count). The Hall–Kier alpha value is -1.88. The van der Waals surface area contributed by atoms with Gasteiger partial charge in [0.15, 0.2) is 5.69 Å². The van der Waals surface area contributed by atoms with Crippen molar-refractivity contribution in [3.8, 4) is 0 Å². The van der Waals surface area contributed by atoms with E-state index in [4.69, 9.17) is 5.11 Å². The van der Waals surface area contributed by atoms with Crippen LogP contribution in [-0.4, -0.2) is 16.1 Å².